The van der Waals surface area contributed by atoms with Crippen molar-refractivity contribution < 1.29 is 9.13 Å². The predicted octanol–water partition coefficient (Wildman–Crippen LogP) is 3.33. The van der Waals surface area contributed by atoms with Crippen molar-refractivity contribution in [2.45, 2.75) is 0 Å². The molecule has 4 heteroatoms. The summed E-state index contributed by atoms with van der Waals surface area (Å²) in [6, 6.07) is 4.67. The first kappa shape index (κ1) is 10.9. The Balaban J connectivity index is 2.59. The standard InChI is InChI=1S/C9H10BrFOS/c1-13-5-4-12-9-6-7(10)2-3-8(9)11/h2-3,6H,4-5H2,1H3. The van der Waals surface area contributed by atoms with Crippen molar-refractivity contribution in [1.82, 2.24) is 0 Å². The van der Waals surface area contributed by atoms with E-state index in [1.54, 1.807) is 23.9 Å². The molecule has 0 bridgehead atoms. The average Bonchev–Trinajstić information content (AvgIpc) is 2.11. The van der Waals surface area contributed by atoms with E-state index in [2.05, 4.69) is 15.9 Å². The first-order valence-electron chi connectivity index (χ1n) is 3.81. The maximum atomic E-state index is 13.0. The first-order chi connectivity index (χ1) is 6.24. The minimum absolute atomic E-state index is 0.309. The minimum atomic E-state index is -0.315. The molecular formula is C9H10BrFOS. The molecular weight excluding hydrogens is 255 g/mol. The second kappa shape index (κ2) is 5.50. The normalized spacial score (nSPS) is 10.1. The van der Waals surface area contributed by atoms with Gasteiger partial charge in [-0.1, -0.05) is 15.9 Å². The highest BCUT2D eigenvalue weighted by Crippen LogP contribution is 2.22. The molecule has 0 aliphatic carbocycles. The molecule has 0 aliphatic heterocycles. The zero-order chi connectivity index (χ0) is 9.68. The number of ether oxygens (including phenoxy) is 1. The molecule has 0 aromatic heterocycles. The van der Waals surface area contributed by atoms with E-state index in [-0.39, 0.29) is 5.82 Å². The fourth-order valence-corrected chi connectivity index (χ4v) is 1.41. The van der Waals surface area contributed by atoms with E-state index in [1.807, 2.05) is 6.26 Å². The summed E-state index contributed by atoms with van der Waals surface area (Å²) < 4.78 is 19.1. The Hall–Kier alpha value is -0.220. The molecule has 0 spiro atoms. The zero-order valence-corrected chi connectivity index (χ0v) is 9.62. The van der Waals surface area contributed by atoms with Gasteiger partial charge in [0.15, 0.2) is 11.6 Å². The molecule has 72 valence electrons. The van der Waals surface area contributed by atoms with Crippen LogP contribution in [0.3, 0.4) is 0 Å². The van der Waals surface area contributed by atoms with Gasteiger partial charge in [0.1, 0.15) is 0 Å². The van der Waals surface area contributed by atoms with Gasteiger partial charge in [0.25, 0.3) is 0 Å². The van der Waals surface area contributed by atoms with Gasteiger partial charge in [-0.3, -0.25) is 0 Å². The van der Waals surface area contributed by atoms with Gasteiger partial charge in [0.05, 0.1) is 6.61 Å². The van der Waals surface area contributed by atoms with Gasteiger partial charge in [0.2, 0.25) is 0 Å². The third-order valence-corrected chi connectivity index (χ3v) is 2.51. The second-order valence-corrected chi connectivity index (χ2v) is 4.32. The zero-order valence-electron chi connectivity index (χ0n) is 7.22. The van der Waals surface area contributed by atoms with Crippen LogP contribution in [0.25, 0.3) is 0 Å². The van der Waals surface area contributed by atoms with Gasteiger partial charge < -0.3 is 4.74 Å². The van der Waals surface area contributed by atoms with Crippen molar-refractivity contribution >= 4 is 27.7 Å². The van der Waals surface area contributed by atoms with Crippen LogP contribution in [0.5, 0.6) is 5.75 Å². The summed E-state index contributed by atoms with van der Waals surface area (Å²) >= 11 is 4.93. The molecule has 1 nitrogen and oxygen atoms in total. The van der Waals surface area contributed by atoms with Gasteiger partial charge >= 0.3 is 0 Å². The van der Waals surface area contributed by atoms with Crippen LogP contribution in [0.2, 0.25) is 0 Å². The lowest BCUT2D eigenvalue weighted by Crippen LogP contribution is -2.01. The maximum Gasteiger partial charge on any atom is 0.165 e. The van der Waals surface area contributed by atoms with E-state index in [9.17, 15) is 4.39 Å². The molecule has 0 radical (unpaired) electrons. The lowest BCUT2D eigenvalue weighted by Gasteiger charge is -2.06. The van der Waals surface area contributed by atoms with Crippen molar-refractivity contribution in [2.24, 2.45) is 0 Å². The van der Waals surface area contributed by atoms with Crippen LogP contribution < -0.4 is 4.74 Å². The smallest absolute Gasteiger partial charge is 0.165 e. The van der Waals surface area contributed by atoms with E-state index in [0.29, 0.717) is 12.4 Å². The number of hydrogen-bond donors (Lipinski definition) is 0. The van der Waals surface area contributed by atoms with E-state index in [1.165, 1.54) is 6.07 Å². The van der Waals surface area contributed by atoms with Crippen LogP contribution in [-0.2, 0) is 0 Å². The Morgan fingerprint density at radius 3 is 3.00 bits per heavy atom. The highest BCUT2D eigenvalue weighted by Gasteiger charge is 2.02. The van der Waals surface area contributed by atoms with Gasteiger partial charge in [-0.25, -0.2) is 4.39 Å². The Morgan fingerprint density at radius 1 is 1.54 bits per heavy atom. The largest absolute Gasteiger partial charge is 0.490 e. The Morgan fingerprint density at radius 2 is 2.31 bits per heavy atom. The summed E-state index contributed by atoms with van der Waals surface area (Å²) in [5, 5.41) is 0. The van der Waals surface area contributed by atoms with Crippen LogP contribution in [0, 0.1) is 5.82 Å². The molecule has 0 amide bonds. The lowest BCUT2D eigenvalue weighted by atomic mass is 10.3. The summed E-state index contributed by atoms with van der Waals surface area (Å²) in [6.45, 7) is 0.536. The maximum absolute atomic E-state index is 13.0. The number of hydrogen-bond acceptors (Lipinski definition) is 2. The van der Waals surface area contributed by atoms with Crippen molar-refractivity contribution in [3.63, 3.8) is 0 Å². The van der Waals surface area contributed by atoms with Crippen molar-refractivity contribution in [3.05, 3.63) is 28.5 Å². The van der Waals surface area contributed by atoms with Crippen molar-refractivity contribution in [2.75, 3.05) is 18.6 Å². The fraction of sp³-hybridized carbons (Fsp3) is 0.333. The molecule has 0 heterocycles. The molecule has 0 saturated heterocycles. The fourth-order valence-electron chi connectivity index (χ4n) is 0.823. The van der Waals surface area contributed by atoms with Crippen LogP contribution in [0.15, 0.2) is 22.7 Å². The summed E-state index contributed by atoms with van der Waals surface area (Å²) in [7, 11) is 0. The Bertz CT molecular complexity index is 280. The molecule has 0 atom stereocenters. The summed E-state index contributed by atoms with van der Waals surface area (Å²) in [5.41, 5.74) is 0. The van der Waals surface area contributed by atoms with Crippen LogP contribution in [0.1, 0.15) is 0 Å². The molecule has 1 aromatic carbocycles. The van der Waals surface area contributed by atoms with Gasteiger partial charge in [-0.05, 0) is 24.5 Å². The Labute approximate surface area is 89.8 Å². The van der Waals surface area contributed by atoms with Crippen LogP contribution in [-0.4, -0.2) is 18.6 Å². The molecule has 0 aliphatic rings. The molecule has 0 fully saturated rings. The minimum Gasteiger partial charge on any atom is -0.490 e. The first-order valence-corrected chi connectivity index (χ1v) is 5.99. The van der Waals surface area contributed by atoms with Crippen LogP contribution >= 0.6 is 27.7 Å². The number of rotatable bonds is 4. The van der Waals surface area contributed by atoms with E-state index < -0.39 is 0 Å². The number of halogens is 2. The lowest BCUT2D eigenvalue weighted by molar-refractivity contribution is 0.324. The summed E-state index contributed by atoms with van der Waals surface area (Å²) in [5.74, 6) is 0.860. The second-order valence-electron chi connectivity index (χ2n) is 2.42. The third-order valence-electron chi connectivity index (χ3n) is 1.44. The average molecular weight is 265 g/mol. The number of benzene rings is 1. The summed E-state index contributed by atoms with van der Waals surface area (Å²) in [4.78, 5) is 0. The van der Waals surface area contributed by atoms with Crippen molar-refractivity contribution in [3.8, 4) is 5.75 Å². The highest BCUT2D eigenvalue weighted by atomic mass is 79.9. The van der Waals surface area contributed by atoms with Gasteiger partial charge in [-0.2, -0.15) is 11.8 Å². The third kappa shape index (κ3) is 3.56. The highest BCUT2D eigenvalue weighted by molar-refractivity contribution is 9.10. The molecule has 1 aromatic rings. The number of thioether (sulfide) groups is 1. The quantitative estimate of drug-likeness (QED) is 0.772. The van der Waals surface area contributed by atoms with E-state index in [0.717, 1.165) is 10.2 Å². The monoisotopic (exact) mass is 264 g/mol. The van der Waals surface area contributed by atoms with Crippen molar-refractivity contribution in [1.29, 1.82) is 0 Å². The van der Waals surface area contributed by atoms with E-state index >= 15 is 0 Å². The molecule has 0 N–H and O–H groups in total. The summed E-state index contributed by atoms with van der Waals surface area (Å²) in [6.07, 6.45) is 1.99. The molecule has 0 unspecified atom stereocenters. The topological polar surface area (TPSA) is 9.23 Å². The van der Waals surface area contributed by atoms with E-state index in [4.69, 9.17) is 4.74 Å². The molecule has 0 saturated carbocycles. The van der Waals surface area contributed by atoms with Gasteiger partial charge in [0, 0.05) is 10.2 Å². The SMILES string of the molecule is CSCCOc1cc(Br)ccc1F. The molecule has 1 rings (SSSR count). The molecule has 13 heavy (non-hydrogen) atoms. The van der Waals surface area contributed by atoms with Gasteiger partial charge in [-0.15, -0.1) is 0 Å². The Kier molecular flexibility index (Phi) is 4.59. The van der Waals surface area contributed by atoms with Crippen LogP contribution in [0.4, 0.5) is 4.39 Å². The predicted molar refractivity (Wildman–Crippen MR) is 58.0 cm³/mol.